The maximum absolute atomic E-state index is 13.2. The third-order valence-corrected chi connectivity index (χ3v) is 6.00. The van der Waals surface area contributed by atoms with E-state index in [2.05, 4.69) is 20.9 Å². The van der Waals surface area contributed by atoms with Crippen LogP contribution in [0.2, 0.25) is 0 Å². The number of carboxylic acid groups (broad SMARTS) is 1. The Balaban J connectivity index is 1.73. The van der Waals surface area contributed by atoms with Crippen molar-refractivity contribution in [2.24, 2.45) is 16.5 Å². The molecule has 0 saturated heterocycles. The molecule has 3 aromatic rings. The van der Waals surface area contributed by atoms with Gasteiger partial charge in [-0.15, -0.1) is 0 Å². The number of fused-ring (bicyclic) bond motifs is 1. The van der Waals surface area contributed by atoms with Gasteiger partial charge >= 0.3 is 17.7 Å². The van der Waals surface area contributed by atoms with E-state index in [1.165, 1.54) is 12.1 Å². The second kappa shape index (κ2) is 14.8. The smallest absolute Gasteiger partial charge is 0.408 e. The lowest BCUT2D eigenvalue weighted by molar-refractivity contribution is -0.140. The summed E-state index contributed by atoms with van der Waals surface area (Å²) in [6.45, 7) is 1.80. The standard InChI is InChI=1S/C28H32N6O8/c1-16-12-24(37)42-22-13-18(9-10-19(16)22)32-25(38)20(8-5-11-31-27(29)30)33-26(39)21(14-23(35)36)34-28(40)41-15-17-6-3-2-4-7-17/h2-4,6-7,9-10,12-13,20-21H,5,8,11,14-15H2,1H3,(H,32,38)(H,33,39)(H,34,40)(H,35,36)(H4,29,30,31)/t20-,21-/m0/s1. The molecule has 42 heavy (non-hydrogen) atoms. The first kappa shape index (κ1) is 31.1. The largest absolute Gasteiger partial charge is 0.481 e. The van der Waals surface area contributed by atoms with Crippen molar-refractivity contribution in [3.8, 4) is 0 Å². The van der Waals surface area contributed by atoms with Gasteiger partial charge in [-0.3, -0.25) is 19.4 Å². The van der Waals surface area contributed by atoms with E-state index in [0.717, 1.165) is 0 Å². The molecule has 2 aromatic carbocycles. The molecule has 3 rings (SSSR count). The fourth-order valence-corrected chi connectivity index (χ4v) is 3.97. The van der Waals surface area contributed by atoms with E-state index in [-0.39, 0.29) is 43.2 Å². The number of hydrogen-bond donors (Lipinski definition) is 6. The monoisotopic (exact) mass is 580 g/mol. The molecule has 222 valence electrons. The maximum Gasteiger partial charge on any atom is 0.408 e. The van der Waals surface area contributed by atoms with E-state index in [1.54, 1.807) is 49.4 Å². The van der Waals surface area contributed by atoms with Crippen LogP contribution in [-0.4, -0.2) is 53.6 Å². The van der Waals surface area contributed by atoms with Crippen LogP contribution in [-0.2, 0) is 25.7 Å². The molecule has 0 fully saturated rings. The predicted molar refractivity (Wildman–Crippen MR) is 153 cm³/mol. The molecule has 0 radical (unpaired) electrons. The van der Waals surface area contributed by atoms with Crippen LogP contribution in [0.25, 0.3) is 11.0 Å². The van der Waals surface area contributed by atoms with E-state index in [4.69, 9.17) is 20.6 Å². The molecule has 14 heteroatoms. The summed E-state index contributed by atoms with van der Waals surface area (Å²) in [5, 5.41) is 17.4. The first-order valence-electron chi connectivity index (χ1n) is 12.9. The van der Waals surface area contributed by atoms with Gasteiger partial charge in [-0.2, -0.15) is 0 Å². The summed E-state index contributed by atoms with van der Waals surface area (Å²) in [4.78, 5) is 65.8. The number of hydrogen-bond acceptors (Lipinski definition) is 8. The van der Waals surface area contributed by atoms with Crippen LogP contribution in [0, 0.1) is 6.92 Å². The van der Waals surface area contributed by atoms with Gasteiger partial charge in [0.1, 0.15) is 24.3 Å². The van der Waals surface area contributed by atoms with Crippen molar-refractivity contribution in [3.05, 3.63) is 76.1 Å². The zero-order valence-electron chi connectivity index (χ0n) is 22.8. The molecule has 2 atom stereocenters. The Hall–Kier alpha value is -5.40. The van der Waals surface area contributed by atoms with Gasteiger partial charge in [0.2, 0.25) is 11.8 Å². The number of carbonyl (C=O) groups is 4. The molecule has 0 aliphatic carbocycles. The number of aliphatic carboxylic acids is 1. The molecule has 0 saturated carbocycles. The number of amides is 3. The van der Waals surface area contributed by atoms with Crippen LogP contribution >= 0.6 is 0 Å². The number of anilines is 1. The minimum Gasteiger partial charge on any atom is -0.481 e. The summed E-state index contributed by atoms with van der Waals surface area (Å²) in [7, 11) is 0. The van der Waals surface area contributed by atoms with E-state index in [0.29, 0.717) is 16.5 Å². The average Bonchev–Trinajstić information content (AvgIpc) is 2.93. The van der Waals surface area contributed by atoms with Crippen molar-refractivity contribution in [2.75, 3.05) is 11.9 Å². The van der Waals surface area contributed by atoms with Crippen molar-refractivity contribution < 1.29 is 33.4 Å². The lowest BCUT2D eigenvalue weighted by Crippen LogP contribution is -2.53. The molecule has 8 N–H and O–H groups in total. The third kappa shape index (κ3) is 9.66. The topological polar surface area (TPSA) is 228 Å². The second-order valence-corrected chi connectivity index (χ2v) is 9.32. The summed E-state index contributed by atoms with van der Waals surface area (Å²) >= 11 is 0. The third-order valence-electron chi connectivity index (χ3n) is 6.00. The molecule has 0 aliphatic heterocycles. The van der Waals surface area contributed by atoms with Crippen molar-refractivity contribution in [2.45, 2.75) is 44.9 Å². The Bertz CT molecular complexity index is 1520. The van der Waals surface area contributed by atoms with Gasteiger partial charge in [0.15, 0.2) is 5.96 Å². The number of nitrogens with two attached hydrogens (primary N) is 2. The van der Waals surface area contributed by atoms with Crippen LogP contribution in [0.3, 0.4) is 0 Å². The number of aliphatic imine (C=N–C) groups is 1. The lowest BCUT2D eigenvalue weighted by Gasteiger charge is -2.22. The number of ether oxygens (including phenoxy) is 1. The highest BCUT2D eigenvalue weighted by atomic mass is 16.5. The highest BCUT2D eigenvalue weighted by Crippen LogP contribution is 2.21. The van der Waals surface area contributed by atoms with Crippen LogP contribution < -0.4 is 33.0 Å². The summed E-state index contributed by atoms with van der Waals surface area (Å²) in [6.07, 6.45) is -1.44. The van der Waals surface area contributed by atoms with Crippen LogP contribution in [0.15, 0.2) is 68.8 Å². The van der Waals surface area contributed by atoms with Crippen molar-refractivity contribution in [3.63, 3.8) is 0 Å². The molecule has 0 aliphatic rings. The Morgan fingerprint density at radius 2 is 1.74 bits per heavy atom. The number of nitrogens with zero attached hydrogens (tertiary/aromatic N) is 1. The first-order valence-corrected chi connectivity index (χ1v) is 12.9. The predicted octanol–water partition coefficient (Wildman–Crippen LogP) is 1.35. The SMILES string of the molecule is Cc1cc(=O)oc2cc(NC(=O)[C@H](CCCN=C(N)N)NC(=O)[C@H](CC(=O)O)NC(=O)OCc3ccccc3)ccc12. The Labute approximate surface area is 240 Å². The Kier molecular flexibility index (Phi) is 11.0. The Morgan fingerprint density at radius 3 is 2.43 bits per heavy atom. The maximum atomic E-state index is 13.2. The lowest BCUT2D eigenvalue weighted by atomic mass is 10.1. The minimum absolute atomic E-state index is 0.0639. The van der Waals surface area contributed by atoms with Gasteiger partial charge in [-0.1, -0.05) is 30.3 Å². The van der Waals surface area contributed by atoms with Gasteiger partial charge in [-0.05, 0) is 43.0 Å². The zero-order valence-corrected chi connectivity index (χ0v) is 22.8. The van der Waals surface area contributed by atoms with Crippen molar-refractivity contribution in [1.29, 1.82) is 0 Å². The molecule has 0 bridgehead atoms. The fourth-order valence-electron chi connectivity index (χ4n) is 3.97. The Morgan fingerprint density at radius 1 is 1.00 bits per heavy atom. The summed E-state index contributed by atoms with van der Waals surface area (Å²) in [5.41, 5.74) is 12.1. The van der Waals surface area contributed by atoms with Crippen LogP contribution in [0.1, 0.15) is 30.4 Å². The highest BCUT2D eigenvalue weighted by molar-refractivity contribution is 6.00. The molecule has 0 unspecified atom stereocenters. The number of guanidine groups is 1. The number of nitrogens with one attached hydrogen (secondary N) is 3. The van der Waals surface area contributed by atoms with Crippen molar-refractivity contribution >= 4 is 46.5 Å². The number of carbonyl (C=O) groups excluding carboxylic acids is 3. The molecule has 3 amide bonds. The average molecular weight is 581 g/mol. The molecular formula is C28H32N6O8. The quantitative estimate of drug-likeness (QED) is 0.0735. The van der Waals surface area contributed by atoms with Crippen LogP contribution in [0.4, 0.5) is 10.5 Å². The van der Waals surface area contributed by atoms with Crippen LogP contribution in [0.5, 0.6) is 0 Å². The van der Waals surface area contributed by atoms with E-state index >= 15 is 0 Å². The van der Waals surface area contributed by atoms with Gasteiger partial charge in [0.25, 0.3) is 0 Å². The van der Waals surface area contributed by atoms with Gasteiger partial charge in [0.05, 0.1) is 6.42 Å². The fraction of sp³-hybridized carbons (Fsp3) is 0.286. The second-order valence-electron chi connectivity index (χ2n) is 9.32. The minimum atomic E-state index is -1.54. The molecular weight excluding hydrogens is 548 g/mol. The molecule has 1 heterocycles. The normalized spacial score (nSPS) is 12.0. The number of rotatable bonds is 13. The summed E-state index contributed by atoms with van der Waals surface area (Å²) in [5.74, 6) is -3.08. The number of alkyl carbamates (subject to hydrolysis) is 1. The van der Waals surface area contributed by atoms with E-state index < -0.39 is 48.0 Å². The number of aryl methyl sites for hydroxylation is 1. The van der Waals surface area contributed by atoms with Crippen molar-refractivity contribution in [1.82, 2.24) is 10.6 Å². The van der Waals surface area contributed by atoms with E-state index in [1.807, 2.05) is 0 Å². The van der Waals surface area contributed by atoms with E-state index in [9.17, 15) is 29.1 Å². The van der Waals surface area contributed by atoms with Gasteiger partial charge < -0.3 is 41.7 Å². The summed E-state index contributed by atoms with van der Waals surface area (Å²) < 4.78 is 10.3. The molecule has 0 spiro atoms. The van der Waals surface area contributed by atoms with Gasteiger partial charge in [-0.25, -0.2) is 9.59 Å². The summed E-state index contributed by atoms with van der Waals surface area (Å²) in [6, 6.07) is 12.1. The molecule has 1 aromatic heterocycles. The number of benzene rings is 2. The van der Waals surface area contributed by atoms with Gasteiger partial charge in [0, 0.05) is 29.8 Å². The zero-order chi connectivity index (χ0) is 30.6. The number of carboxylic acids is 1. The molecule has 14 nitrogen and oxygen atoms in total. The highest BCUT2D eigenvalue weighted by Gasteiger charge is 2.29. The first-order chi connectivity index (χ1) is 20.0.